The SMILES string of the molecule is CC(C)(C)Cc1ccncc1C=O. The van der Waals surface area contributed by atoms with Gasteiger partial charge in [-0.05, 0) is 23.5 Å². The number of nitrogens with zero attached hydrogens (tertiary/aromatic N) is 1. The van der Waals surface area contributed by atoms with Crippen molar-refractivity contribution < 1.29 is 4.79 Å². The van der Waals surface area contributed by atoms with E-state index in [1.807, 2.05) is 6.07 Å². The van der Waals surface area contributed by atoms with Gasteiger partial charge in [-0.25, -0.2) is 0 Å². The molecule has 13 heavy (non-hydrogen) atoms. The molecule has 0 aromatic carbocycles. The zero-order chi connectivity index (χ0) is 9.90. The smallest absolute Gasteiger partial charge is 0.151 e. The van der Waals surface area contributed by atoms with Crippen LogP contribution in [-0.2, 0) is 6.42 Å². The molecule has 1 heterocycles. The second-order valence-electron chi connectivity index (χ2n) is 4.43. The maximum atomic E-state index is 10.7. The van der Waals surface area contributed by atoms with Crippen molar-refractivity contribution >= 4 is 6.29 Å². The highest BCUT2D eigenvalue weighted by molar-refractivity contribution is 5.76. The molecule has 0 bridgehead atoms. The van der Waals surface area contributed by atoms with Crippen LogP contribution < -0.4 is 0 Å². The summed E-state index contributed by atoms with van der Waals surface area (Å²) in [4.78, 5) is 14.6. The molecule has 1 aromatic heterocycles. The van der Waals surface area contributed by atoms with Crippen LogP contribution in [0.5, 0.6) is 0 Å². The molecule has 2 heteroatoms. The third-order valence-electron chi connectivity index (χ3n) is 1.79. The number of pyridine rings is 1. The summed E-state index contributed by atoms with van der Waals surface area (Å²) in [5.41, 5.74) is 1.99. The first-order valence-corrected chi connectivity index (χ1v) is 4.41. The Morgan fingerprint density at radius 3 is 2.69 bits per heavy atom. The summed E-state index contributed by atoms with van der Waals surface area (Å²) in [5.74, 6) is 0. The molecule has 0 N–H and O–H groups in total. The van der Waals surface area contributed by atoms with E-state index < -0.39 is 0 Å². The first-order chi connectivity index (χ1) is 6.03. The number of aromatic nitrogens is 1. The molecule has 0 spiro atoms. The molecule has 70 valence electrons. The molecule has 0 amide bonds. The number of rotatable bonds is 2. The largest absolute Gasteiger partial charge is 0.298 e. The van der Waals surface area contributed by atoms with E-state index in [1.165, 1.54) is 0 Å². The van der Waals surface area contributed by atoms with Gasteiger partial charge < -0.3 is 0 Å². The van der Waals surface area contributed by atoms with E-state index in [0.717, 1.165) is 18.3 Å². The fourth-order valence-corrected chi connectivity index (χ4v) is 1.27. The Balaban J connectivity index is 2.94. The van der Waals surface area contributed by atoms with Crippen LogP contribution in [0.15, 0.2) is 18.5 Å². The first kappa shape index (κ1) is 9.90. The fourth-order valence-electron chi connectivity index (χ4n) is 1.27. The predicted octanol–water partition coefficient (Wildman–Crippen LogP) is 2.48. The van der Waals surface area contributed by atoms with Gasteiger partial charge in [-0.2, -0.15) is 0 Å². The third-order valence-corrected chi connectivity index (χ3v) is 1.79. The maximum absolute atomic E-state index is 10.7. The number of carbonyl (C=O) groups excluding carboxylic acids is 1. The minimum Gasteiger partial charge on any atom is -0.298 e. The molecule has 0 atom stereocenters. The Hall–Kier alpha value is -1.18. The number of aldehydes is 1. The lowest BCUT2D eigenvalue weighted by molar-refractivity contribution is 0.112. The normalized spacial score (nSPS) is 11.3. The Morgan fingerprint density at radius 1 is 1.46 bits per heavy atom. The van der Waals surface area contributed by atoms with Gasteiger partial charge in [0, 0.05) is 18.0 Å². The van der Waals surface area contributed by atoms with Crippen LogP contribution in [0, 0.1) is 5.41 Å². The Kier molecular flexibility index (Phi) is 2.81. The highest BCUT2D eigenvalue weighted by atomic mass is 16.1. The van der Waals surface area contributed by atoms with Gasteiger partial charge in [-0.1, -0.05) is 20.8 Å². The second-order valence-corrected chi connectivity index (χ2v) is 4.43. The van der Waals surface area contributed by atoms with Crippen molar-refractivity contribution in [1.29, 1.82) is 0 Å². The van der Waals surface area contributed by atoms with Gasteiger partial charge >= 0.3 is 0 Å². The van der Waals surface area contributed by atoms with E-state index in [1.54, 1.807) is 12.4 Å². The third kappa shape index (κ3) is 2.98. The Labute approximate surface area is 79.0 Å². The molecular formula is C11H15NO. The predicted molar refractivity (Wildman–Crippen MR) is 52.8 cm³/mol. The van der Waals surface area contributed by atoms with Crippen LogP contribution in [0.4, 0.5) is 0 Å². The van der Waals surface area contributed by atoms with Crippen molar-refractivity contribution in [3.05, 3.63) is 29.6 Å². The summed E-state index contributed by atoms with van der Waals surface area (Å²) in [6.07, 6.45) is 5.12. The van der Waals surface area contributed by atoms with Crippen LogP contribution >= 0.6 is 0 Å². The lowest BCUT2D eigenvalue weighted by Gasteiger charge is -2.18. The van der Waals surface area contributed by atoms with Crippen LogP contribution in [0.2, 0.25) is 0 Å². The van der Waals surface area contributed by atoms with E-state index in [0.29, 0.717) is 5.56 Å². The molecule has 1 aromatic rings. The summed E-state index contributed by atoms with van der Waals surface area (Å²) in [6.45, 7) is 6.46. The highest BCUT2D eigenvalue weighted by Gasteiger charge is 2.13. The topological polar surface area (TPSA) is 30.0 Å². The molecule has 0 fully saturated rings. The van der Waals surface area contributed by atoms with E-state index in [9.17, 15) is 4.79 Å². The summed E-state index contributed by atoms with van der Waals surface area (Å²) in [7, 11) is 0. The Morgan fingerprint density at radius 2 is 2.15 bits per heavy atom. The van der Waals surface area contributed by atoms with Gasteiger partial charge in [-0.15, -0.1) is 0 Å². The fraction of sp³-hybridized carbons (Fsp3) is 0.455. The standard InChI is InChI=1S/C11H15NO/c1-11(2,3)6-9-4-5-12-7-10(9)8-13/h4-5,7-8H,6H2,1-3H3. The molecule has 0 aliphatic heterocycles. The van der Waals surface area contributed by atoms with Gasteiger partial charge in [-0.3, -0.25) is 9.78 Å². The van der Waals surface area contributed by atoms with Crippen molar-refractivity contribution in [3.63, 3.8) is 0 Å². The lowest BCUT2D eigenvalue weighted by Crippen LogP contribution is -2.10. The maximum Gasteiger partial charge on any atom is 0.151 e. The van der Waals surface area contributed by atoms with Gasteiger partial charge in [0.25, 0.3) is 0 Å². The lowest BCUT2D eigenvalue weighted by atomic mass is 9.87. The summed E-state index contributed by atoms with van der Waals surface area (Å²) in [6, 6.07) is 1.91. The number of hydrogen-bond acceptors (Lipinski definition) is 2. The monoisotopic (exact) mass is 177 g/mol. The molecule has 0 saturated heterocycles. The zero-order valence-corrected chi connectivity index (χ0v) is 8.37. The quantitative estimate of drug-likeness (QED) is 0.649. The van der Waals surface area contributed by atoms with Gasteiger partial charge in [0.1, 0.15) is 0 Å². The molecule has 0 aliphatic carbocycles. The van der Waals surface area contributed by atoms with E-state index >= 15 is 0 Å². The van der Waals surface area contributed by atoms with Gasteiger partial charge in [0.15, 0.2) is 6.29 Å². The average molecular weight is 177 g/mol. The summed E-state index contributed by atoms with van der Waals surface area (Å²) >= 11 is 0. The molecule has 0 radical (unpaired) electrons. The molecular weight excluding hydrogens is 162 g/mol. The van der Waals surface area contributed by atoms with E-state index in [2.05, 4.69) is 25.8 Å². The molecule has 0 unspecified atom stereocenters. The summed E-state index contributed by atoms with van der Waals surface area (Å²) in [5, 5.41) is 0. The van der Waals surface area contributed by atoms with Gasteiger partial charge in [0.05, 0.1) is 0 Å². The highest BCUT2D eigenvalue weighted by Crippen LogP contribution is 2.21. The van der Waals surface area contributed by atoms with Crippen molar-refractivity contribution in [1.82, 2.24) is 4.98 Å². The van der Waals surface area contributed by atoms with Crippen molar-refractivity contribution in [3.8, 4) is 0 Å². The van der Waals surface area contributed by atoms with Crippen molar-refractivity contribution in [2.45, 2.75) is 27.2 Å². The second kappa shape index (κ2) is 3.69. The Bertz CT molecular complexity index is 299. The van der Waals surface area contributed by atoms with Crippen LogP contribution in [0.25, 0.3) is 0 Å². The molecule has 0 saturated carbocycles. The summed E-state index contributed by atoms with van der Waals surface area (Å²) < 4.78 is 0. The zero-order valence-electron chi connectivity index (χ0n) is 8.37. The van der Waals surface area contributed by atoms with E-state index in [-0.39, 0.29) is 5.41 Å². The molecule has 2 nitrogen and oxygen atoms in total. The number of carbonyl (C=O) groups is 1. The minimum absolute atomic E-state index is 0.207. The molecule has 1 rings (SSSR count). The minimum atomic E-state index is 0.207. The van der Waals surface area contributed by atoms with E-state index in [4.69, 9.17) is 0 Å². The van der Waals surface area contributed by atoms with Crippen LogP contribution in [0.3, 0.4) is 0 Å². The van der Waals surface area contributed by atoms with Crippen molar-refractivity contribution in [2.24, 2.45) is 5.41 Å². The van der Waals surface area contributed by atoms with Gasteiger partial charge in [0.2, 0.25) is 0 Å². The van der Waals surface area contributed by atoms with Crippen LogP contribution in [-0.4, -0.2) is 11.3 Å². The average Bonchev–Trinajstić information content (AvgIpc) is 2.02. The van der Waals surface area contributed by atoms with Crippen molar-refractivity contribution in [2.75, 3.05) is 0 Å². The molecule has 0 aliphatic rings. The van der Waals surface area contributed by atoms with Crippen LogP contribution in [0.1, 0.15) is 36.7 Å². The number of hydrogen-bond donors (Lipinski definition) is 0. The first-order valence-electron chi connectivity index (χ1n) is 4.41.